The maximum absolute atomic E-state index is 12.5. The van der Waals surface area contributed by atoms with Crippen LogP contribution in [0.25, 0.3) is 0 Å². The Morgan fingerprint density at radius 3 is 2.43 bits per heavy atom. The van der Waals surface area contributed by atoms with E-state index in [1.807, 2.05) is 18.2 Å². The van der Waals surface area contributed by atoms with Gasteiger partial charge in [-0.25, -0.2) is 0 Å². The van der Waals surface area contributed by atoms with Crippen molar-refractivity contribution in [2.24, 2.45) is 0 Å². The van der Waals surface area contributed by atoms with Crippen molar-refractivity contribution in [3.05, 3.63) is 58.1 Å². The minimum atomic E-state index is -1.05. The van der Waals surface area contributed by atoms with E-state index in [1.165, 1.54) is 0 Å². The highest BCUT2D eigenvalue weighted by Crippen LogP contribution is 2.24. The van der Waals surface area contributed by atoms with Crippen molar-refractivity contribution in [2.75, 3.05) is 20.4 Å². The lowest BCUT2D eigenvalue weighted by Gasteiger charge is -2.19. The second-order valence-electron chi connectivity index (χ2n) is 5.10. The quantitative estimate of drug-likeness (QED) is 0.778. The predicted molar refractivity (Wildman–Crippen MR) is 95.3 cm³/mol. The number of benzene rings is 2. The van der Waals surface area contributed by atoms with Crippen LogP contribution in [0.4, 0.5) is 0 Å². The molecule has 0 saturated carbocycles. The number of carbonyl (C=O) groups is 1. The van der Waals surface area contributed by atoms with Gasteiger partial charge in [-0.1, -0.05) is 15.9 Å². The average molecular weight is 396 g/mol. The lowest BCUT2D eigenvalue weighted by Crippen LogP contribution is -2.26. The molecule has 0 radical (unpaired) electrons. The molecule has 122 valence electrons. The standard InChI is InChI=1S/C17H18BrNO3S/c1-19(11-13-10-14(18)6-9-16(13)22-2)17(20)12-4-7-15(8-5-12)23(3)21/h4-10H,11H2,1-3H3. The van der Waals surface area contributed by atoms with E-state index in [1.54, 1.807) is 49.6 Å². The Morgan fingerprint density at radius 2 is 1.87 bits per heavy atom. The van der Waals surface area contributed by atoms with Crippen LogP contribution >= 0.6 is 15.9 Å². The second kappa shape index (κ2) is 7.75. The highest BCUT2D eigenvalue weighted by Gasteiger charge is 2.14. The van der Waals surface area contributed by atoms with E-state index in [9.17, 15) is 9.00 Å². The van der Waals surface area contributed by atoms with Crippen molar-refractivity contribution in [3.63, 3.8) is 0 Å². The molecule has 4 nitrogen and oxygen atoms in total. The van der Waals surface area contributed by atoms with E-state index >= 15 is 0 Å². The summed E-state index contributed by atoms with van der Waals surface area (Å²) >= 11 is 3.43. The second-order valence-corrected chi connectivity index (χ2v) is 7.39. The number of hydrogen-bond acceptors (Lipinski definition) is 3. The Morgan fingerprint density at radius 1 is 1.22 bits per heavy atom. The molecule has 0 fully saturated rings. The molecule has 1 amide bonds. The van der Waals surface area contributed by atoms with E-state index in [-0.39, 0.29) is 5.91 Å². The third-order valence-electron chi connectivity index (χ3n) is 3.43. The average Bonchev–Trinajstić information content (AvgIpc) is 2.54. The normalized spacial score (nSPS) is 11.8. The molecule has 1 unspecified atom stereocenters. The predicted octanol–water partition coefficient (Wildman–Crippen LogP) is 3.47. The summed E-state index contributed by atoms with van der Waals surface area (Å²) < 4.78 is 17.7. The van der Waals surface area contributed by atoms with Crippen molar-refractivity contribution in [1.82, 2.24) is 4.90 Å². The van der Waals surface area contributed by atoms with Gasteiger partial charge in [0.05, 0.1) is 7.11 Å². The summed E-state index contributed by atoms with van der Waals surface area (Å²) in [4.78, 5) is 14.8. The maximum atomic E-state index is 12.5. The Bertz CT molecular complexity index is 731. The summed E-state index contributed by atoms with van der Waals surface area (Å²) in [5, 5.41) is 0. The van der Waals surface area contributed by atoms with Crippen LogP contribution in [0.1, 0.15) is 15.9 Å². The van der Waals surface area contributed by atoms with Crippen molar-refractivity contribution >= 4 is 32.6 Å². The number of rotatable bonds is 5. The van der Waals surface area contributed by atoms with E-state index in [2.05, 4.69) is 15.9 Å². The fourth-order valence-electron chi connectivity index (χ4n) is 2.21. The minimum Gasteiger partial charge on any atom is -0.496 e. The first-order valence-corrected chi connectivity index (χ1v) is 9.29. The Labute approximate surface area is 147 Å². The third kappa shape index (κ3) is 4.42. The molecule has 1 atom stereocenters. The Balaban J connectivity index is 2.17. The number of ether oxygens (including phenoxy) is 1. The number of amides is 1. The van der Waals surface area contributed by atoms with E-state index < -0.39 is 10.8 Å². The molecule has 0 saturated heterocycles. The van der Waals surface area contributed by atoms with E-state index in [0.29, 0.717) is 17.0 Å². The first kappa shape index (κ1) is 17.7. The molecule has 0 aliphatic heterocycles. The molecule has 0 N–H and O–H groups in total. The van der Waals surface area contributed by atoms with E-state index in [4.69, 9.17) is 4.74 Å². The highest BCUT2D eigenvalue weighted by molar-refractivity contribution is 9.10. The van der Waals surface area contributed by atoms with Gasteiger partial charge in [0, 0.05) is 51.1 Å². The molecule has 6 heteroatoms. The monoisotopic (exact) mass is 395 g/mol. The lowest BCUT2D eigenvalue weighted by atomic mass is 10.1. The van der Waals surface area contributed by atoms with Crippen molar-refractivity contribution in [3.8, 4) is 5.75 Å². The molecule has 0 heterocycles. The Hall–Kier alpha value is -1.66. The number of nitrogens with zero attached hydrogens (tertiary/aromatic N) is 1. The highest BCUT2D eigenvalue weighted by atomic mass is 79.9. The fraction of sp³-hybridized carbons (Fsp3) is 0.235. The van der Waals surface area contributed by atoms with Gasteiger partial charge in [-0.15, -0.1) is 0 Å². The first-order valence-electron chi connectivity index (χ1n) is 6.93. The zero-order valence-corrected chi connectivity index (χ0v) is 15.6. The summed E-state index contributed by atoms with van der Waals surface area (Å²) in [7, 11) is 2.31. The molecule has 0 spiro atoms. The fourth-order valence-corrected chi connectivity index (χ4v) is 3.14. The lowest BCUT2D eigenvalue weighted by molar-refractivity contribution is 0.0784. The molecular weight excluding hydrogens is 378 g/mol. The summed E-state index contributed by atoms with van der Waals surface area (Å²) in [5.74, 6) is 0.644. The van der Waals surface area contributed by atoms with Gasteiger partial charge in [-0.05, 0) is 42.5 Å². The SMILES string of the molecule is COc1ccc(Br)cc1CN(C)C(=O)c1ccc(S(C)=O)cc1. The molecule has 0 aliphatic rings. The molecule has 2 aromatic rings. The van der Waals surface area contributed by atoms with Crippen LogP contribution in [-0.2, 0) is 17.3 Å². The summed E-state index contributed by atoms with van der Waals surface area (Å²) in [6, 6.07) is 12.5. The van der Waals surface area contributed by atoms with Crippen LogP contribution in [0, 0.1) is 0 Å². The van der Waals surface area contributed by atoms with Gasteiger partial charge in [0.15, 0.2) is 0 Å². The first-order chi connectivity index (χ1) is 10.9. The molecule has 0 aliphatic carbocycles. The number of methoxy groups -OCH3 is 1. The molecule has 0 aromatic heterocycles. The van der Waals surface area contributed by atoms with Gasteiger partial charge in [-0.3, -0.25) is 9.00 Å². The van der Waals surface area contributed by atoms with Crippen LogP contribution in [-0.4, -0.2) is 35.4 Å². The van der Waals surface area contributed by atoms with Crippen LogP contribution in [0.5, 0.6) is 5.75 Å². The van der Waals surface area contributed by atoms with Crippen molar-refractivity contribution in [1.29, 1.82) is 0 Å². The van der Waals surface area contributed by atoms with Gasteiger partial charge in [0.2, 0.25) is 0 Å². The molecule has 2 aromatic carbocycles. The van der Waals surface area contributed by atoms with Crippen molar-refractivity contribution < 1.29 is 13.7 Å². The van der Waals surface area contributed by atoms with Gasteiger partial charge >= 0.3 is 0 Å². The van der Waals surface area contributed by atoms with Gasteiger partial charge in [-0.2, -0.15) is 0 Å². The van der Waals surface area contributed by atoms with Crippen LogP contribution in [0.2, 0.25) is 0 Å². The zero-order valence-electron chi connectivity index (χ0n) is 13.2. The Kier molecular flexibility index (Phi) is 5.96. The topological polar surface area (TPSA) is 46.6 Å². The van der Waals surface area contributed by atoms with Crippen LogP contribution < -0.4 is 4.74 Å². The van der Waals surface area contributed by atoms with Crippen LogP contribution in [0.15, 0.2) is 51.8 Å². The maximum Gasteiger partial charge on any atom is 0.253 e. The van der Waals surface area contributed by atoms with Crippen LogP contribution in [0.3, 0.4) is 0 Å². The molecule has 0 bridgehead atoms. The van der Waals surface area contributed by atoms with Crippen molar-refractivity contribution in [2.45, 2.75) is 11.4 Å². The molecular formula is C17H18BrNO3S. The van der Waals surface area contributed by atoms with Gasteiger partial charge in [0.25, 0.3) is 5.91 Å². The van der Waals surface area contributed by atoms with Gasteiger partial charge < -0.3 is 9.64 Å². The largest absolute Gasteiger partial charge is 0.496 e. The summed E-state index contributed by atoms with van der Waals surface area (Å²) in [6.45, 7) is 0.433. The number of hydrogen-bond donors (Lipinski definition) is 0. The van der Waals surface area contributed by atoms with E-state index in [0.717, 1.165) is 15.8 Å². The smallest absolute Gasteiger partial charge is 0.253 e. The summed E-state index contributed by atoms with van der Waals surface area (Å²) in [6.07, 6.45) is 1.61. The third-order valence-corrected chi connectivity index (χ3v) is 4.86. The van der Waals surface area contributed by atoms with Gasteiger partial charge in [0.1, 0.15) is 5.75 Å². The molecule has 2 rings (SSSR count). The summed E-state index contributed by atoms with van der Waals surface area (Å²) in [5.41, 5.74) is 1.49. The number of halogens is 1. The number of carbonyl (C=O) groups excluding carboxylic acids is 1. The molecule has 23 heavy (non-hydrogen) atoms. The zero-order chi connectivity index (χ0) is 17.0. The minimum absolute atomic E-state index is 0.0968.